The quantitative estimate of drug-likeness (QED) is 0.898. The molecule has 23 heavy (non-hydrogen) atoms. The zero-order valence-electron chi connectivity index (χ0n) is 13.7. The second kappa shape index (κ2) is 6.24. The Hall–Kier alpha value is -1.40. The Morgan fingerprint density at radius 1 is 1.26 bits per heavy atom. The van der Waals surface area contributed by atoms with Crippen LogP contribution in [0.4, 0.5) is 0 Å². The predicted molar refractivity (Wildman–Crippen MR) is 88.7 cm³/mol. The molecule has 1 aliphatic carbocycles. The van der Waals surface area contributed by atoms with E-state index in [0.717, 1.165) is 32.1 Å². The Morgan fingerprint density at radius 3 is 2.65 bits per heavy atom. The molecule has 2 aliphatic rings. The molecule has 1 heterocycles. The van der Waals surface area contributed by atoms with Crippen LogP contribution in [0.15, 0.2) is 29.2 Å². The SMILES string of the molecule is CC[C@@H]1CC[C@H](C)N1S(=O)(=O)c1cccc(C(=O)NC2CC2)c1. The second-order valence-corrected chi connectivity index (χ2v) is 8.44. The average molecular weight is 336 g/mol. The minimum atomic E-state index is -3.56. The van der Waals surface area contributed by atoms with Crippen LogP contribution in [0.5, 0.6) is 0 Å². The second-order valence-electron chi connectivity index (χ2n) is 6.60. The zero-order valence-corrected chi connectivity index (χ0v) is 14.5. The standard InChI is InChI=1S/C17H24N2O3S/c1-3-15-10-7-12(2)19(15)23(21,22)16-6-4-5-13(11-16)17(20)18-14-8-9-14/h4-6,11-12,14-15H,3,7-10H2,1-2H3,(H,18,20)/t12-,15+/m0/s1. The molecule has 1 saturated heterocycles. The maximum absolute atomic E-state index is 13.0. The summed E-state index contributed by atoms with van der Waals surface area (Å²) in [7, 11) is -3.56. The highest BCUT2D eigenvalue weighted by Crippen LogP contribution is 2.32. The summed E-state index contributed by atoms with van der Waals surface area (Å²) in [6, 6.07) is 6.72. The van der Waals surface area contributed by atoms with Gasteiger partial charge in [0.1, 0.15) is 0 Å². The van der Waals surface area contributed by atoms with Crippen molar-refractivity contribution in [1.29, 1.82) is 0 Å². The van der Waals surface area contributed by atoms with Gasteiger partial charge in [-0.25, -0.2) is 8.42 Å². The number of sulfonamides is 1. The maximum atomic E-state index is 13.0. The Balaban J connectivity index is 1.88. The lowest BCUT2D eigenvalue weighted by Gasteiger charge is -2.27. The van der Waals surface area contributed by atoms with E-state index in [4.69, 9.17) is 0 Å². The molecular weight excluding hydrogens is 312 g/mol. The summed E-state index contributed by atoms with van der Waals surface area (Å²) in [6.45, 7) is 3.97. The van der Waals surface area contributed by atoms with Crippen molar-refractivity contribution >= 4 is 15.9 Å². The number of rotatable bonds is 5. The van der Waals surface area contributed by atoms with Crippen molar-refractivity contribution in [2.45, 2.75) is 69.0 Å². The van der Waals surface area contributed by atoms with Crippen LogP contribution in [0.3, 0.4) is 0 Å². The normalized spacial score (nSPS) is 25.5. The Bertz CT molecular complexity index is 698. The van der Waals surface area contributed by atoms with Crippen LogP contribution in [0.25, 0.3) is 0 Å². The summed E-state index contributed by atoms with van der Waals surface area (Å²) in [5.41, 5.74) is 0.415. The van der Waals surface area contributed by atoms with Crippen LogP contribution < -0.4 is 5.32 Å². The van der Waals surface area contributed by atoms with Gasteiger partial charge in [-0.2, -0.15) is 4.31 Å². The van der Waals surface area contributed by atoms with E-state index in [9.17, 15) is 13.2 Å². The molecule has 3 rings (SSSR count). The largest absolute Gasteiger partial charge is 0.349 e. The lowest BCUT2D eigenvalue weighted by atomic mass is 10.2. The van der Waals surface area contributed by atoms with Crippen LogP contribution in [-0.2, 0) is 10.0 Å². The van der Waals surface area contributed by atoms with E-state index in [1.165, 1.54) is 6.07 Å². The highest BCUT2D eigenvalue weighted by atomic mass is 32.2. The summed E-state index contributed by atoms with van der Waals surface area (Å²) in [6.07, 6.45) is 4.62. The zero-order chi connectivity index (χ0) is 16.6. The molecule has 1 amide bonds. The third-order valence-electron chi connectivity index (χ3n) is 4.77. The van der Waals surface area contributed by atoms with Gasteiger partial charge in [0.25, 0.3) is 5.91 Å². The van der Waals surface area contributed by atoms with Crippen molar-refractivity contribution in [3.63, 3.8) is 0 Å². The number of nitrogens with one attached hydrogen (secondary N) is 1. The first-order chi connectivity index (χ1) is 10.9. The minimum absolute atomic E-state index is 0.00824. The first-order valence-electron chi connectivity index (χ1n) is 8.38. The first-order valence-corrected chi connectivity index (χ1v) is 9.82. The van der Waals surface area contributed by atoms with E-state index < -0.39 is 10.0 Å². The van der Waals surface area contributed by atoms with Crippen molar-refractivity contribution < 1.29 is 13.2 Å². The van der Waals surface area contributed by atoms with Crippen molar-refractivity contribution in [1.82, 2.24) is 9.62 Å². The van der Waals surface area contributed by atoms with Gasteiger partial charge in [0.15, 0.2) is 0 Å². The Morgan fingerprint density at radius 2 is 2.00 bits per heavy atom. The fraction of sp³-hybridized carbons (Fsp3) is 0.588. The number of carbonyl (C=O) groups excluding carboxylic acids is 1. The number of hydrogen-bond acceptors (Lipinski definition) is 3. The molecule has 1 aromatic rings. The first kappa shape index (κ1) is 16.5. The van der Waals surface area contributed by atoms with E-state index >= 15 is 0 Å². The molecule has 1 aromatic carbocycles. The molecule has 1 N–H and O–H groups in total. The van der Waals surface area contributed by atoms with E-state index in [2.05, 4.69) is 5.32 Å². The molecule has 6 heteroatoms. The average Bonchev–Trinajstić information content (AvgIpc) is 3.26. The molecule has 0 aromatic heterocycles. The van der Waals surface area contributed by atoms with Crippen molar-refractivity contribution in [2.75, 3.05) is 0 Å². The molecule has 0 unspecified atom stereocenters. The van der Waals surface area contributed by atoms with E-state index in [-0.39, 0.29) is 28.9 Å². The summed E-state index contributed by atoms with van der Waals surface area (Å²) in [5, 5.41) is 2.90. The van der Waals surface area contributed by atoms with Gasteiger partial charge in [0.2, 0.25) is 10.0 Å². The highest BCUT2D eigenvalue weighted by Gasteiger charge is 2.39. The third-order valence-corrected chi connectivity index (χ3v) is 6.83. The van der Waals surface area contributed by atoms with Crippen molar-refractivity contribution in [3.05, 3.63) is 29.8 Å². The van der Waals surface area contributed by atoms with Crippen LogP contribution in [-0.4, -0.2) is 36.8 Å². The Labute approximate surface area is 138 Å². The van der Waals surface area contributed by atoms with Gasteiger partial charge in [0, 0.05) is 23.7 Å². The van der Waals surface area contributed by atoms with Gasteiger partial charge in [0.05, 0.1) is 4.90 Å². The molecular formula is C17H24N2O3S. The molecule has 0 spiro atoms. The van der Waals surface area contributed by atoms with Gasteiger partial charge >= 0.3 is 0 Å². The summed E-state index contributed by atoms with van der Waals surface area (Å²) >= 11 is 0. The molecule has 0 radical (unpaired) electrons. The highest BCUT2D eigenvalue weighted by molar-refractivity contribution is 7.89. The number of benzene rings is 1. The van der Waals surface area contributed by atoms with Gasteiger partial charge in [-0.15, -0.1) is 0 Å². The molecule has 1 saturated carbocycles. The van der Waals surface area contributed by atoms with Gasteiger partial charge in [-0.1, -0.05) is 13.0 Å². The minimum Gasteiger partial charge on any atom is -0.349 e. The number of amides is 1. The molecule has 1 aliphatic heterocycles. The molecule has 2 atom stereocenters. The van der Waals surface area contributed by atoms with Gasteiger partial charge in [-0.3, -0.25) is 4.79 Å². The topological polar surface area (TPSA) is 66.5 Å². The Kier molecular flexibility index (Phi) is 4.47. The van der Waals surface area contributed by atoms with E-state index in [1.54, 1.807) is 22.5 Å². The van der Waals surface area contributed by atoms with E-state index in [0.29, 0.717) is 5.56 Å². The molecule has 126 valence electrons. The lowest BCUT2D eigenvalue weighted by molar-refractivity contribution is 0.0951. The van der Waals surface area contributed by atoms with Crippen molar-refractivity contribution in [2.24, 2.45) is 0 Å². The predicted octanol–water partition coefficient (Wildman–Crippen LogP) is 2.53. The number of carbonyl (C=O) groups is 1. The fourth-order valence-corrected chi connectivity index (χ4v) is 5.28. The lowest BCUT2D eigenvalue weighted by Crippen LogP contribution is -2.39. The smallest absolute Gasteiger partial charge is 0.251 e. The van der Waals surface area contributed by atoms with E-state index in [1.807, 2.05) is 13.8 Å². The molecule has 2 fully saturated rings. The van der Waals surface area contributed by atoms with Crippen LogP contribution in [0.1, 0.15) is 56.3 Å². The number of hydrogen-bond donors (Lipinski definition) is 1. The molecule has 5 nitrogen and oxygen atoms in total. The molecule has 0 bridgehead atoms. The van der Waals surface area contributed by atoms with Crippen LogP contribution in [0, 0.1) is 0 Å². The van der Waals surface area contributed by atoms with Crippen LogP contribution >= 0.6 is 0 Å². The summed E-state index contributed by atoms with van der Waals surface area (Å²) in [5.74, 6) is -0.189. The monoisotopic (exact) mass is 336 g/mol. The summed E-state index contributed by atoms with van der Waals surface area (Å²) < 4.78 is 27.7. The fourth-order valence-electron chi connectivity index (χ4n) is 3.28. The van der Waals surface area contributed by atoms with Crippen LogP contribution in [0.2, 0.25) is 0 Å². The van der Waals surface area contributed by atoms with Gasteiger partial charge < -0.3 is 5.32 Å². The van der Waals surface area contributed by atoms with Gasteiger partial charge in [-0.05, 0) is 57.2 Å². The maximum Gasteiger partial charge on any atom is 0.251 e. The number of nitrogens with zero attached hydrogens (tertiary/aromatic N) is 1. The summed E-state index contributed by atoms with van der Waals surface area (Å²) in [4.78, 5) is 12.4. The third kappa shape index (κ3) is 3.28. The van der Waals surface area contributed by atoms with Crippen molar-refractivity contribution in [3.8, 4) is 0 Å².